The van der Waals surface area contributed by atoms with Crippen LogP contribution in [0, 0.1) is 0 Å². The molecule has 0 spiro atoms. The molecule has 2 heteroatoms. The highest BCUT2D eigenvalue weighted by molar-refractivity contribution is 4.84. The second kappa shape index (κ2) is 6.13. The fraction of sp³-hybridized carbons (Fsp3) is 0.556. The zero-order valence-corrected chi connectivity index (χ0v) is 6.74. The normalized spacial score (nSPS) is 15.5. The fourth-order valence-corrected chi connectivity index (χ4v) is 0.799. The average molecular weight is 156 g/mol. The van der Waals surface area contributed by atoms with Crippen molar-refractivity contribution in [2.45, 2.75) is 31.5 Å². The van der Waals surface area contributed by atoms with E-state index in [9.17, 15) is 5.11 Å². The summed E-state index contributed by atoms with van der Waals surface area (Å²) in [7, 11) is 0. The quantitative estimate of drug-likeness (QED) is 0.449. The predicted molar refractivity (Wildman–Crippen MR) is 46.3 cm³/mol. The SMILES string of the molecule is C=CCCCC(O)C(O)C=C. The molecule has 0 saturated carbocycles. The van der Waals surface area contributed by atoms with Gasteiger partial charge in [-0.25, -0.2) is 0 Å². The van der Waals surface area contributed by atoms with E-state index in [-0.39, 0.29) is 0 Å². The van der Waals surface area contributed by atoms with E-state index < -0.39 is 12.2 Å². The minimum absolute atomic E-state index is 0.596. The summed E-state index contributed by atoms with van der Waals surface area (Å²) >= 11 is 0. The molecule has 0 rings (SSSR count). The third-order valence-corrected chi connectivity index (χ3v) is 1.54. The smallest absolute Gasteiger partial charge is 0.0977 e. The van der Waals surface area contributed by atoms with E-state index in [2.05, 4.69) is 13.2 Å². The summed E-state index contributed by atoms with van der Waals surface area (Å²) in [6.45, 7) is 6.94. The molecular formula is C9H16O2. The van der Waals surface area contributed by atoms with Gasteiger partial charge in [0.1, 0.15) is 0 Å². The van der Waals surface area contributed by atoms with E-state index in [1.807, 2.05) is 0 Å². The molecule has 0 aromatic heterocycles. The Labute approximate surface area is 67.9 Å². The lowest BCUT2D eigenvalue weighted by Gasteiger charge is -2.12. The van der Waals surface area contributed by atoms with E-state index in [4.69, 9.17) is 5.11 Å². The van der Waals surface area contributed by atoms with Gasteiger partial charge in [-0.15, -0.1) is 13.2 Å². The number of unbranched alkanes of at least 4 members (excludes halogenated alkanes) is 1. The van der Waals surface area contributed by atoms with Gasteiger partial charge in [0.25, 0.3) is 0 Å². The Kier molecular flexibility index (Phi) is 5.80. The Morgan fingerprint density at radius 3 is 2.36 bits per heavy atom. The van der Waals surface area contributed by atoms with Crippen molar-refractivity contribution in [3.8, 4) is 0 Å². The first-order valence-electron chi connectivity index (χ1n) is 3.82. The van der Waals surface area contributed by atoms with E-state index in [1.54, 1.807) is 6.08 Å². The van der Waals surface area contributed by atoms with Crippen LogP contribution in [-0.4, -0.2) is 22.4 Å². The predicted octanol–water partition coefficient (Wildman–Crippen LogP) is 1.25. The summed E-state index contributed by atoms with van der Waals surface area (Å²) in [5, 5.41) is 18.2. The summed E-state index contributed by atoms with van der Waals surface area (Å²) < 4.78 is 0. The van der Waals surface area contributed by atoms with Gasteiger partial charge < -0.3 is 10.2 Å². The number of aliphatic hydroxyl groups is 2. The zero-order chi connectivity index (χ0) is 8.69. The van der Waals surface area contributed by atoms with Crippen LogP contribution in [0.2, 0.25) is 0 Å². The largest absolute Gasteiger partial charge is 0.390 e. The Balaban J connectivity index is 3.42. The Morgan fingerprint density at radius 2 is 1.91 bits per heavy atom. The molecule has 0 bridgehead atoms. The van der Waals surface area contributed by atoms with Gasteiger partial charge in [-0.05, 0) is 19.3 Å². The minimum Gasteiger partial charge on any atom is -0.390 e. The molecular weight excluding hydrogens is 140 g/mol. The zero-order valence-electron chi connectivity index (χ0n) is 6.74. The van der Waals surface area contributed by atoms with Crippen molar-refractivity contribution in [3.63, 3.8) is 0 Å². The maximum Gasteiger partial charge on any atom is 0.0977 e. The lowest BCUT2D eigenvalue weighted by Crippen LogP contribution is -2.22. The molecule has 0 aliphatic carbocycles. The van der Waals surface area contributed by atoms with Crippen LogP contribution in [0.1, 0.15) is 19.3 Å². The van der Waals surface area contributed by atoms with Gasteiger partial charge in [0.2, 0.25) is 0 Å². The molecule has 0 saturated heterocycles. The van der Waals surface area contributed by atoms with Crippen molar-refractivity contribution >= 4 is 0 Å². The molecule has 11 heavy (non-hydrogen) atoms. The number of rotatable bonds is 6. The van der Waals surface area contributed by atoms with E-state index in [0.29, 0.717) is 6.42 Å². The van der Waals surface area contributed by atoms with Gasteiger partial charge in [-0.1, -0.05) is 12.2 Å². The van der Waals surface area contributed by atoms with Crippen LogP contribution in [0.25, 0.3) is 0 Å². The fourth-order valence-electron chi connectivity index (χ4n) is 0.799. The topological polar surface area (TPSA) is 40.5 Å². The molecule has 0 amide bonds. The van der Waals surface area contributed by atoms with Crippen molar-refractivity contribution < 1.29 is 10.2 Å². The molecule has 64 valence electrons. The lowest BCUT2D eigenvalue weighted by molar-refractivity contribution is 0.0423. The van der Waals surface area contributed by atoms with Crippen molar-refractivity contribution in [1.29, 1.82) is 0 Å². The average Bonchev–Trinajstić information content (AvgIpc) is 2.03. The Hall–Kier alpha value is -0.600. The monoisotopic (exact) mass is 156 g/mol. The van der Waals surface area contributed by atoms with Crippen LogP contribution in [-0.2, 0) is 0 Å². The number of aliphatic hydroxyl groups excluding tert-OH is 2. The summed E-state index contributed by atoms with van der Waals surface area (Å²) in [6.07, 6.45) is 4.01. The maximum absolute atomic E-state index is 9.19. The third-order valence-electron chi connectivity index (χ3n) is 1.54. The standard InChI is InChI=1S/C9H16O2/c1-3-5-6-7-9(11)8(10)4-2/h3-4,8-11H,1-2,5-7H2. The minimum atomic E-state index is -0.792. The highest BCUT2D eigenvalue weighted by Crippen LogP contribution is 2.05. The second-order valence-corrected chi connectivity index (χ2v) is 2.51. The highest BCUT2D eigenvalue weighted by Gasteiger charge is 2.10. The van der Waals surface area contributed by atoms with Gasteiger partial charge in [0, 0.05) is 0 Å². The van der Waals surface area contributed by atoms with Crippen molar-refractivity contribution in [2.75, 3.05) is 0 Å². The molecule has 0 aliphatic rings. The summed E-state index contributed by atoms with van der Waals surface area (Å²) in [5.74, 6) is 0. The molecule has 2 atom stereocenters. The van der Waals surface area contributed by atoms with Gasteiger partial charge in [0.05, 0.1) is 12.2 Å². The van der Waals surface area contributed by atoms with Crippen molar-refractivity contribution in [3.05, 3.63) is 25.3 Å². The molecule has 0 heterocycles. The molecule has 2 unspecified atom stereocenters. The van der Waals surface area contributed by atoms with Crippen LogP contribution in [0.5, 0.6) is 0 Å². The van der Waals surface area contributed by atoms with E-state index in [0.717, 1.165) is 12.8 Å². The van der Waals surface area contributed by atoms with E-state index in [1.165, 1.54) is 6.08 Å². The number of hydrogen-bond donors (Lipinski definition) is 2. The van der Waals surface area contributed by atoms with Crippen molar-refractivity contribution in [1.82, 2.24) is 0 Å². The molecule has 0 fully saturated rings. The molecule has 2 N–H and O–H groups in total. The Bertz CT molecular complexity index is 121. The van der Waals surface area contributed by atoms with E-state index >= 15 is 0 Å². The number of hydrogen-bond acceptors (Lipinski definition) is 2. The molecule has 0 aromatic carbocycles. The van der Waals surface area contributed by atoms with Gasteiger partial charge in [0.15, 0.2) is 0 Å². The van der Waals surface area contributed by atoms with Crippen LogP contribution >= 0.6 is 0 Å². The summed E-state index contributed by atoms with van der Waals surface area (Å²) in [6, 6.07) is 0. The van der Waals surface area contributed by atoms with Gasteiger partial charge >= 0.3 is 0 Å². The summed E-state index contributed by atoms with van der Waals surface area (Å²) in [5.41, 5.74) is 0. The molecule has 0 aliphatic heterocycles. The first kappa shape index (κ1) is 10.4. The molecule has 0 aromatic rings. The lowest BCUT2D eigenvalue weighted by atomic mass is 10.1. The van der Waals surface area contributed by atoms with Crippen LogP contribution in [0.4, 0.5) is 0 Å². The second-order valence-electron chi connectivity index (χ2n) is 2.51. The Morgan fingerprint density at radius 1 is 1.27 bits per heavy atom. The molecule has 2 nitrogen and oxygen atoms in total. The van der Waals surface area contributed by atoms with Gasteiger partial charge in [-0.2, -0.15) is 0 Å². The van der Waals surface area contributed by atoms with Gasteiger partial charge in [-0.3, -0.25) is 0 Å². The highest BCUT2D eigenvalue weighted by atomic mass is 16.3. The third kappa shape index (κ3) is 4.76. The van der Waals surface area contributed by atoms with Crippen molar-refractivity contribution in [2.24, 2.45) is 0 Å². The maximum atomic E-state index is 9.19. The molecule has 0 radical (unpaired) electrons. The van der Waals surface area contributed by atoms with Crippen LogP contribution < -0.4 is 0 Å². The summed E-state index contributed by atoms with van der Waals surface area (Å²) in [4.78, 5) is 0. The first-order chi connectivity index (χ1) is 5.22. The van der Waals surface area contributed by atoms with Crippen LogP contribution in [0.3, 0.4) is 0 Å². The van der Waals surface area contributed by atoms with Crippen LogP contribution in [0.15, 0.2) is 25.3 Å². The number of allylic oxidation sites excluding steroid dienone is 1. The first-order valence-corrected chi connectivity index (χ1v) is 3.82.